The molecule has 1 saturated carbocycles. The summed E-state index contributed by atoms with van der Waals surface area (Å²) in [5, 5.41) is 16.4. The highest BCUT2D eigenvalue weighted by atomic mass is 19.4. The highest BCUT2D eigenvalue weighted by Gasteiger charge is 2.37. The summed E-state index contributed by atoms with van der Waals surface area (Å²) in [5.74, 6) is 0.950. The average Bonchev–Trinajstić information content (AvgIpc) is 2.80. The van der Waals surface area contributed by atoms with Gasteiger partial charge in [0.05, 0.1) is 18.2 Å². The van der Waals surface area contributed by atoms with Crippen LogP contribution in [0.4, 0.5) is 26.3 Å². The van der Waals surface area contributed by atoms with Crippen LogP contribution in [-0.2, 0) is 18.9 Å². The number of benzene rings is 2. The first kappa shape index (κ1) is 26.7. The van der Waals surface area contributed by atoms with Crippen LogP contribution in [0.3, 0.4) is 0 Å². The Morgan fingerprint density at radius 3 is 2.14 bits per heavy atom. The van der Waals surface area contributed by atoms with E-state index in [1.54, 1.807) is 18.2 Å². The van der Waals surface area contributed by atoms with Crippen molar-refractivity contribution in [1.82, 2.24) is 10.6 Å². The van der Waals surface area contributed by atoms with Crippen LogP contribution in [0.25, 0.3) is 5.70 Å². The van der Waals surface area contributed by atoms with E-state index in [0.717, 1.165) is 25.7 Å². The fraction of sp³-hybridized carbons (Fsp3) is 0.440. The van der Waals surface area contributed by atoms with E-state index >= 15 is 0 Å². The molecule has 0 aliphatic heterocycles. The molecule has 1 aliphatic rings. The maximum absolute atomic E-state index is 13.1. The highest BCUT2D eigenvalue weighted by Crippen LogP contribution is 2.37. The quantitative estimate of drug-likeness (QED) is 0.369. The molecule has 0 spiro atoms. The predicted octanol–water partition coefficient (Wildman–Crippen LogP) is 6.35. The van der Waals surface area contributed by atoms with E-state index in [0.29, 0.717) is 36.5 Å². The van der Waals surface area contributed by atoms with Gasteiger partial charge in [0.25, 0.3) is 0 Å². The third kappa shape index (κ3) is 7.06. The van der Waals surface area contributed by atoms with E-state index in [2.05, 4.69) is 17.2 Å². The summed E-state index contributed by atoms with van der Waals surface area (Å²) in [6.45, 7) is 4.51. The Bertz CT molecular complexity index is 995. The Morgan fingerprint density at radius 2 is 1.60 bits per heavy atom. The fourth-order valence-corrected chi connectivity index (χ4v) is 4.24. The molecule has 0 saturated heterocycles. The highest BCUT2D eigenvalue weighted by molar-refractivity contribution is 5.63. The predicted molar refractivity (Wildman–Crippen MR) is 121 cm³/mol. The van der Waals surface area contributed by atoms with E-state index in [-0.39, 0.29) is 35.0 Å². The molecule has 0 unspecified atom stereocenters. The van der Waals surface area contributed by atoms with Crippen molar-refractivity contribution in [2.24, 2.45) is 5.92 Å². The van der Waals surface area contributed by atoms with Crippen LogP contribution in [0.15, 0.2) is 43.0 Å². The van der Waals surface area contributed by atoms with Gasteiger partial charge in [0.15, 0.2) is 0 Å². The van der Waals surface area contributed by atoms with Crippen LogP contribution in [0.1, 0.15) is 47.9 Å². The van der Waals surface area contributed by atoms with Crippen LogP contribution < -0.4 is 15.4 Å². The van der Waals surface area contributed by atoms with Crippen molar-refractivity contribution in [2.45, 2.75) is 50.6 Å². The van der Waals surface area contributed by atoms with Gasteiger partial charge in [-0.1, -0.05) is 12.6 Å². The maximum atomic E-state index is 13.1. The van der Waals surface area contributed by atoms with Gasteiger partial charge >= 0.3 is 12.4 Å². The Labute approximate surface area is 200 Å². The zero-order chi connectivity index (χ0) is 25.8. The van der Waals surface area contributed by atoms with Crippen LogP contribution in [0.2, 0.25) is 0 Å². The molecule has 1 fully saturated rings. The summed E-state index contributed by atoms with van der Waals surface area (Å²) in [6, 6.07) is 6.75. The molecule has 0 amide bonds. The van der Waals surface area contributed by atoms with Crippen LogP contribution in [0, 0.1) is 5.92 Å². The number of methoxy groups -OCH3 is 1. The molecule has 0 aromatic heterocycles. The minimum Gasteiger partial charge on any atom is -0.507 e. The van der Waals surface area contributed by atoms with Gasteiger partial charge < -0.3 is 20.5 Å². The van der Waals surface area contributed by atoms with E-state index in [9.17, 15) is 31.4 Å². The van der Waals surface area contributed by atoms with Gasteiger partial charge in [0.1, 0.15) is 11.5 Å². The van der Waals surface area contributed by atoms with Gasteiger partial charge in [-0.05, 0) is 67.5 Å². The lowest BCUT2D eigenvalue weighted by Gasteiger charge is -2.30. The van der Waals surface area contributed by atoms with Crippen molar-refractivity contribution in [3.63, 3.8) is 0 Å². The monoisotopic (exact) mass is 502 g/mol. The normalized spacial score (nSPS) is 18.8. The zero-order valence-corrected chi connectivity index (χ0v) is 19.2. The minimum atomic E-state index is -4.90. The number of phenols is 1. The van der Waals surface area contributed by atoms with Crippen molar-refractivity contribution in [3.05, 3.63) is 65.2 Å². The largest absolute Gasteiger partial charge is 0.507 e. The summed E-state index contributed by atoms with van der Waals surface area (Å²) in [5.41, 5.74) is -2.27. The average molecular weight is 502 g/mol. The first-order valence-corrected chi connectivity index (χ1v) is 11.2. The lowest BCUT2D eigenvalue weighted by molar-refractivity contribution is -0.143. The number of hydrogen-bond acceptors (Lipinski definition) is 4. The summed E-state index contributed by atoms with van der Waals surface area (Å²) in [4.78, 5) is 0. The topological polar surface area (TPSA) is 53.5 Å². The van der Waals surface area contributed by atoms with E-state index in [1.165, 1.54) is 7.11 Å². The number of halogens is 6. The van der Waals surface area contributed by atoms with E-state index in [1.807, 2.05) is 0 Å². The zero-order valence-electron chi connectivity index (χ0n) is 19.2. The Hall–Kier alpha value is -2.88. The van der Waals surface area contributed by atoms with Gasteiger partial charge in [-0.3, -0.25) is 0 Å². The van der Waals surface area contributed by atoms with Crippen LogP contribution >= 0.6 is 0 Å². The molecule has 0 heterocycles. The Balaban J connectivity index is 1.53. The second kappa shape index (κ2) is 10.8. The first-order valence-electron chi connectivity index (χ1n) is 11.2. The smallest absolute Gasteiger partial charge is 0.416 e. The molecule has 10 heteroatoms. The molecule has 3 N–H and O–H groups in total. The number of alkyl halides is 6. The molecule has 1 aliphatic carbocycles. The van der Waals surface area contributed by atoms with Crippen molar-refractivity contribution in [1.29, 1.82) is 0 Å². The summed E-state index contributed by atoms with van der Waals surface area (Å²) in [7, 11) is 1.54. The number of phenolic OH excluding ortho intramolecular Hbond substituents is 1. The third-order valence-electron chi connectivity index (χ3n) is 6.28. The van der Waals surface area contributed by atoms with Crippen molar-refractivity contribution < 1.29 is 36.2 Å². The lowest BCUT2D eigenvalue weighted by atomic mass is 9.85. The fourth-order valence-electron chi connectivity index (χ4n) is 4.24. The molecule has 0 bridgehead atoms. The SMILES string of the molecule is C=C(NC[C@H]1CC[C@H](NCc2c(O)cccc2OC)CC1)c1cc(C(F)(F)F)cc(C(F)(F)F)c1. The number of aromatic hydroxyl groups is 1. The molecule has 0 atom stereocenters. The van der Waals surface area contributed by atoms with Crippen molar-refractivity contribution >= 4 is 5.70 Å². The third-order valence-corrected chi connectivity index (χ3v) is 6.28. The molecule has 0 radical (unpaired) electrons. The summed E-state index contributed by atoms with van der Waals surface area (Å²) >= 11 is 0. The minimum absolute atomic E-state index is 0.0218. The van der Waals surface area contributed by atoms with Gasteiger partial charge in [-0.15, -0.1) is 0 Å². The van der Waals surface area contributed by atoms with Crippen LogP contribution in [-0.4, -0.2) is 24.8 Å². The van der Waals surface area contributed by atoms with Crippen LogP contribution in [0.5, 0.6) is 11.5 Å². The molecule has 192 valence electrons. The standard InChI is InChI=1S/C25H28F6N2O2/c1-15(17-10-18(24(26,27)28)12-19(11-17)25(29,30)31)32-13-16-6-8-20(9-7-16)33-14-21-22(34)4-3-5-23(21)35-2/h3-5,10-12,16,20,32-34H,1,6-9,13-14H2,2H3/t16-,20-. The Kier molecular flexibility index (Phi) is 8.25. The first-order chi connectivity index (χ1) is 16.4. The number of rotatable bonds is 8. The number of ether oxygens (including phenoxy) is 1. The van der Waals surface area contributed by atoms with Gasteiger partial charge in [-0.2, -0.15) is 26.3 Å². The number of hydrogen-bond donors (Lipinski definition) is 3. The molecular weight excluding hydrogens is 474 g/mol. The second-order valence-corrected chi connectivity index (χ2v) is 8.71. The van der Waals surface area contributed by atoms with Gasteiger partial charge in [-0.25, -0.2) is 0 Å². The summed E-state index contributed by atoms with van der Waals surface area (Å²) < 4.78 is 83.9. The molecule has 4 nitrogen and oxygen atoms in total. The summed E-state index contributed by atoms with van der Waals surface area (Å²) in [6.07, 6.45) is -6.46. The molecule has 35 heavy (non-hydrogen) atoms. The lowest BCUT2D eigenvalue weighted by Crippen LogP contribution is -2.35. The van der Waals surface area contributed by atoms with E-state index in [4.69, 9.17) is 4.74 Å². The molecule has 2 aromatic carbocycles. The maximum Gasteiger partial charge on any atom is 0.416 e. The second-order valence-electron chi connectivity index (χ2n) is 8.71. The van der Waals surface area contributed by atoms with Gasteiger partial charge in [0, 0.05) is 30.4 Å². The molecular formula is C25H28F6N2O2. The van der Waals surface area contributed by atoms with Crippen molar-refractivity contribution in [2.75, 3.05) is 13.7 Å². The molecule has 3 rings (SSSR count). The van der Waals surface area contributed by atoms with Gasteiger partial charge in [0.2, 0.25) is 0 Å². The van der Waals surface area contributed by atoms with E-state index < -0.39 is 23.5 Å². The molecule has 2 aromatic rings. The van der Waals surface area contributed by atoms with Crippen molar-refractivity contribution in [3.8, 4) is 11.5 Å². The Morgan fingerprint density at radius 1 is 1.00 bits per heavy atom. The number of nitrogens with one attached hydrogen (secondary N) is 2.